The molecule has 1 saturated heterocycles. The van der Waals surface area contributed by atoms with Crippen molar-refractivity contribution in [2.75, 3.05) is 18.1 Å². The summed E-state index contributed by atoms with van der Waals surface area (Å²) in [6.07, 6.45) is 4.81. The van der Waals surface area contributed by atoms with Crippen LogP contribution in [0, 0.1) is 17.8 Å². The Labute approximate surface area is 112 Å². The molecule has 1 heterocycles. The van der Waals surface area contributed by atoms with Gasteiger partial charge < -0.3 is 5.32 Å². The van der Waals surface area contributed by atoms with E-state index in [1.165, 1.54) is 19.3 Å². The van der Waals surface area contributed by atoms with Crippen LogP contribution in [-0.2, 0) is 9.84 Å². The lowest BCUT2D eigenvalue weighted by atomic mass is 9.70. The Morgan fingerprint density at radius 1 is 1.17 bits per heavy atom. The predicted molar refractivity (Wildman–Crippen MR) is 75.3 cm³/mol. The summed E-state index contributed by atoms with van der Waals surface area (Å²) >= 11 is 0. The fourth-order valence-corrected chi connectivity index (χ4v) is 5.07. The molecule has 0 amide bonds. The van der Waals surface area contributed by atoms with Gasteiger partial charge in [0, 0.05) is 5.54 Å². The summed E-state index contributed by atoms with van der Waals surface area (Å²) < 4.78 is 23.3. The maximum absolute atomic E-state index is 11.7. The van der Waals surface area contributed by atoms with Crippen LogP contribution < -0.4 is 5.32 Å². The van der Waals surface area contributed by atoms with E-state index in [1.54, 1.807) is 0 Å². The predicted octanol–water partition coefficient (Wildman–Crippen LogP) is 2.23. The Morgan fingerprint density at radius 2 is 1.83 bits per heavy atom. The molecule has 2 atom stereocenters. The highest BCUT2D eigenvalue weighted by Gasteiger charge is 2.39. The number of hydrogen-bond donors (Lipinski definition) is 1. The highest BCUT2D eigenvalue weighted by atomic mass is 32.2. The molecule has 2 aliphatic rings. The molecular weight excluding hydrogens is 246 g/mol. The van der Waals surface area contributed by atoms with Crippen LogP contribution in [0.2, 0.25) is 0 Å². The lowest BCUT2D eigenvalue weighted by molar-refractivity contribution is 0.142. The van der Waals surface area contributed by atoms with Crippen molar-refractivity contribution in [3.8, 4) is 0 Å². The second-order valence-corrected chi connectivity index (χ2v) is 9.38. The molecule has 18 heavy (non-hydrogen) atoms. The fraction of sp³-hybridized carbons (Fsp3) is 1.00. The summed E-state index contributed by atoms with van der Waals surface area (Å²) in [6, 6.07) is 0. The van der Waals surface area contributed by atoms with Gasteiger partial charge in [0.15, 0.2) is 9.84 Å². The molecule has 3 nitrogen and oxygen atoms in total. The Balaban J connectivity index is 1.97. The molecule has 1 aliphatic heterocycles. The van der Waals surface area contributed by atoms with Gasteiger partial charge in [0.1, 0.15) is 0 Å². The summed E-state index contributed by atoms with van der Waals surface area (Å²) in [5.74, 6) is 2.57. The minimum atomic E-state index is -2.74. The van der Waals surface area contributed by atoms with Gasteiger partial charge in [-0.3, -0.25) is 0 Å². The zero-order valence-electron chi connectivity index (χ0n) is 11.9. The second-order valence-electron chi connectivity index (χ2n) is 7.15. The summed E-state index contributed by atoms with van der Waals surface area (Å²) in [7, 11) is -2.74. The van der Waals surface area contributed by atoms with Crippen LogP contribution in [0.3, 0.4) is 0 Å². The van der Waals surface area contributed by atoms with E-state index < -0.39 is 9.84 Å². The van der Waals surface area contributed by atoms with Crippen molar-refractivity contribution in [1.82, 2.24) is 5.32 Å². The molecule has 0 aromatic rings. The fourth-order valence-electron chi connectivity index (χ4n) is 3.17. The van der Waals surface area contributed by atoms with E-state index in [1.807, 2.05) is 0 Å². The van der Waals surface area contributed by atoms with E-state index in [9.17, 15) is 8.42 Å². The largest absolute Gasteiger partial charge is 0.312 e. The Hall–Kier alpha value is -0.0900. The first-order chi connectivity index (χ1) is 8.27. The highest BCUT2D eigenvalue weighted by Crippen LogP contribution is 2.40. The second kappa shape index (κ2) is 5.12. The van der Waals surface area contributed by atoms with Crippen molar-refractivity contribution < 1.29 is 8.42 Å². The van der Waals surface area contributed by atoms with Crippen LogP contribution in [0.15, 0.2) is 0 Å². The molecule has 2 rings (SSSR count). The van der Waals surface area contributed by atoms with E-state index >= 15 is 0 Å². The van der Waals surface area contributed by atoms with Gasteiger partial charge in [0.2, 0.25) is 0 Å². The van der Waals surface area contributed by atoms with Gasteiger partial charge in [-0.05, 0) is 51.5 Å². The maximum Gasteiger partial charge on any atom is 0.150 e. The summed E-state index contributed by atoms with van der Waals surface area (Å²) in [6.45, 7) is 7.51. The van der Waals surface area contributed by atoms with Crippen LogP contribution in [0.1, 0.15) is 46.5 Å². The normalized spacial score (nSPS) is 30.1. The standard InChI is InChI=1S/C14H27NO2S/c1-14(2,3)15-9-13(11-5-4-6-11)12-7-8-18(16,17)10-12/h11-13,15H,4-10H2,1-3H3. The molecular formula is C14H27NO2S. The van der Waals surface area contributed by atoms with Gasteiger partial charge in [-0.1, -0.05) is 19.3 Å². The molecule has 1 N–H and O–H groups in total. The van der Waals surface area contributed by atoms with E-state index in [-0.39, 0.29) is 5.54 Å². The Kier molecular flexibility index (Phi) is 4.07. The number of nitrogens with one attached hydrogen (secondary N) is 1. The topological polar surface area (TPSA) is 46.2 Å². The molecule has 2 fully saturated rings. The lowest BCUT2D eigenvalue weighted by Crippen LogP contribution is -2.44. The van der Waals surface area contributed by atoms with Gasteiger partial charge in [0.25, 0.3) is 0 Å². The average Bonchev–Trinajstić information content (AvgIpc) is 2.48. The van der Waals surface area contributed by atoms with E-state index in [2.05, 4.69) is 26.1 Å². The highest BCUT2D eigenvalue weighted by molar-refractivity contribution is 7.91. The third-order valence-electron chi connectivity index (χ3n) is 4.50. The first-order valence-electron chi connectivity index (χ1n) is 7.22. The average molecular weight is 273 g/mol. The quantitative estimate of drug-likeness (QED) is 0.854. The number of sulfone groups is 1. The molecule has 0 radical (unpaired) electrons. The van der Waals surface area contributed by atoms with Crippen molar-refractivity contribution in [2.45, 2.75) is 52.0 Å². The van der Waals surface area contributed by atoms with Gasteiger partial charge >= 0.3 is 0 Å². The molecule has 0 aromatic heterocycles. The Morgan fingerprint density at radius 3 is 2.22 bits per heavy atom. The van der Waals surface area contributed by atoms with Gasteiger partial charge in [-0.2, -0.15) is 0 Å². The zero-order chi connectivity index (χ0) is 13.4. The van der Waals surface area contributed by atoms with Crippen LogP contribution in [0.4, 0.5) is 0 Å². The molecule has 2 unspecified atom stereocenters. The van der Waals surface area contributed by atoms with Crippen molar-refractivity contribution in [2.24, 2.45) is 17.8 Å². The minimum absolute atomic E-state index is 0.124. The first-order valence-corrected chi connectivity index (χ1v) is 9.04. The van der Waals surface area contributed by atoms with Crippen molar-refractivity contribution in [1.29, 1.82) is 0 Å². The smallest absolute Gasteiger partial charge is 0.150 e. The van der Waals surface area contributed by atoms with Crippen molar-refractivity contribution in [3.63, 3.8) is 0 Å². The molecule has 1 aliphatic carbocycles. The molecule has 1 saturated carbocycles. The summed E-state index contributed by atoms with van der Waals surface area (Å²) in [4.78, 5) is 0. The van der Waals surface area contributed by atoms with Crippen LogP contribution in [0.5, 0.6) is 0 Å². The third kappa shape index (κ3) is 3.70. The molecule has 4 heteroatoms. The van der Waals surface area contributed by atoms with Crippen LogP contribution in [-0.4, -0.2) is 32.0 Å². The van der Waals surface area contributed by atoms with Crippen LogP contribution in [0.25, 0.3) is 0 Å². The van der Waals surface area contributed by atoms with Gasteiger partial charge in [0.05, 0.1) is 11.5 Å². The molecule has 0 aromatic carbocycles. The van der Waals surface area contributed by atoms with E-state index in [0.29, 0.717) is 23.3 Å². The monoisotopic (exact) mass is 273 g/mol. The lowest BCUT2D eigenvalue weighted by Gasteiger charge is -2.39. The van der Waals surface area contributed by atoms with Gasteiger partial charge in [-0.25, -0.2) is 8.42 Å². The van der Waals surface area contributed by atoms with Crippen molar-refractivity contribution >= 4 is 9.84 Å². The van der Waals surface area contributed by atoms with Crippen molar-refractivity contribution in [3.05, 3.63) is 0 Å². The van der Waals surface area contributed by atoms with Gasteiger partial charge in [-0.15, -0.1) is 0 Å². The van der Waals surface area contributed by atoms with E-state index in [0.717, 1.165) is 18.9 Å². The summed E-state index contributed by atoms with van der Waals surface area (Å²) in [5, 5.41) is 3.58. The zero-order valence-corrected chi connectivity index (χ0v) is 12.7. The molecule has 0 bridgehead atoms. The SMILES string of the molecule is CC(C)(C)NCC(C1CCC1)C1CCS(=O)(=O)C1. The minimum Gasteiger partial charge on any atom is -0.312 e. The summed E-state index contributed by atoms with van der Waals surface area (Å²) in [5.41, 5.74) is 0.124. The van der Waals surface area contributed by atoms with Crippen LogP contribution >= 0.6 is 0 Å². The first kappa shape index (κ1) is 14.3. The third-order valence-corrected chi connectivity index (χ3v) is 6.29. The Bertz CT molecular complexity index is 379. The molecule has 0 spiro atoms. The maximum atomic E-state index is 11.7. The molecule has 106 valence electrons. The number of hydrogen-bond acceptors (Lipinski definition) is 3. The number of rotatable bonds is 4. The van der Waals surface area contributed by atoms with E-state index in [4.69, 9.17) is 0 Å².